The molecule has 3 N–H and O–H groups in total. The van der Waals surface area contributed by atoms with Crippen molar-refractivity contribution in [1.82, 2.24) is 15.0 Å². The van der Waals surface area contributed by atoms with Crippen molar-refractivity contribution in [2.24, 2.45) is 5.41 Å². The van der Waals surface area contributed by atoms with E-state index >= 15 is 0 Å². The third-order valence-electron chi connectivity index (χ3n) is 4.30. The molecule has 6 nitrogen and oxygen atoms in total. The topological polar surface area (TPSA) is 84.2 Å². The number of nitrogen functional groups attached to an aromatic ring is 1. The summed E-state index contributed by atoms with van der Waals surface area (Å²) in [5.41, 5.74) is 8.18. The maximum atomic E-state index is 12.0. The van der Waals surface area contributed by atoms with Gasteiger partial charge in [-0.2, -0.15) is 0 Å². The first-order valence-corrected chi connectivity index (χ1v) is 8.04. The zero-order valence-electron chi connectivity index (χ0n) is 13.9. The second-order valence-corrected chi connectivity index (χ2v) is 7.24. The predicted molar refractivity (Wildman–Crippen MR) is 89.6 cm³/mol. The summed E-state index contributed by atoms with van der Waals surface area (Å²) in [5.74, 6) is 0.247. The number of nitrogens with one attached hydrogen (secondary N) is 1. The van der Waals surface area contributed by atoms with Crippen molar-refractivity contribution in [1.29, 1.82) is 0 Å². The lowest BCUT2D eigenvalue weighted by Gasteiger charge is -2.32. The monoisotopic (exact) mass is 316 g/mol. The zero-order valence-corrected chi connectivity index (χ0v) is 13.9. The molecule has 3 heterocycles. The number of aromatic nitrogens is 2. The maximum Gasteiger partial charge on any atom is 0.330 e. The van der Waals surface area contributed by atoms with Crippen LogP contribution in [-0.2, 0) is 9.63 Å². The minimum Gasteiger partial charge on any atom is -0.397 e. The van der Waals surface area contributed by atoms with Crippen molar-refractivity contribution in [3.05, 3.63) is 24.0 Å². The Hall–Kier alpha value is -2.08. The van der Waals surface area contributed by atoms with Gasteiger partial charge in [-0.1, -0.05) is 0 Å². The summed E-state index contributed by atoms with van der Waals surface area (Å²) in [5, 5.41) is 2.88. The number of nitrogens with two attached hydrogens (primary N) is 1. The Kier molecular flexibility index (Phi) is 4.02. The lowest BCUT2D eigenvalue weighted by molar-refractivity contribution is -0.204. The van der Waals surface area contributed by atoms with Crippen LogP contribution in [0.2, 0.25) is 0 Å². The molecule has 6 heteroatoms. The predicted octanol–water partition coefficient (Wildman–Crippen LogP) is 2.83. The molecule has 1 saturated heterocycles. The number of aromatic amines is 1. The summed E-state index contributed by atoms with van der Waals surface area (Å²) in [6.07, 6.45) is 5.58. The molecular weight excluding hydrogens is 292 g/mol. The number of anilines is 1. The molecule has 0 aliphatic carbocycles. The van der Waals surface area contributed by atoms with Crippen molar-refractivity contribution < 1.29 is 9.63 Å². The van der Waals surface area contributed by atoms with Gasteiger partial charge >= 0.3 is 5.97 Å². The highest BCUT2D eigenvalue weighted by atomic mass is 16.7. The molecule has 1 aliphatic heterocycles. The van der Waals surface area contributed by atoms with Crippen LogP contribution in [0.25, 0.3) is 11.0 Å². The number of carbonyl (C=O) groups excluding carboxylic acids is 1. The van der Waals surface area contributed by atoms with Gasteiger partial charge in [0, 0.05) is 24.7 Å². The fraction of sp³-hybridized carbons (Fsp3) is 0.529. The SMILES string of the molecule is CC(C)(C)C(=O)ON1CCC(c2c[nH]c3ncc(N)cc23)CC1. The number of rotatable bonds is 2. The summed E-state index contributed by atoms with van der Waals surface area (Å²) in [4.78, 5) is 25.0. The molecule has 0 atom stereocenters. The summed E-state index contributed by atoms with van der Waals surface area (Å²) < 4.78 is 0. The van der Waals surface area contributed by atoms with Gasteiger partial charge in [-0.15, -0.1) is 5.06 Å². The van der Waals surface area contributed by atoms with Gasteiger partial charge in [-0.05, 0) is 51.2 Å². The van der Waals surface area contributed by atoms with Crippen molar-refractivity contribution in [2.75, 3.05) is 18.8 Å². The minimum atomic E-state index is -0.475. The summed E-state index contributed by atoms with van der Waals surface area (Å²) >= 11 is 0. The van der Waals surface area contributed by atoms with Crippen LogP contribution in [0.15, 0.2) is 18.5 Å². The van der Waals surface area contributed by atoms with Crippen LogP contribution in [0.5, 0.6) is 0 Å². The Bertz CT molecular complexity index is 709. The lowest BCUT2D eigenvalue weighted by Crippen LogP contribution is -2.38. The summed E-state index contributed by atoms with van der Waals surface area (Å²) in [6.45, 7) is 7.09. The molecule has 0 saturated carbocycles. The van der Waals surface area contributed by atoms with Crippen molar-refractivity contribution in [3.63, 3.8) is 0 Å². The highest BCUT2D eigenvalue weighted by Gasteiger charge is 2.29. The van der Waals surface area contributed by atoms with E-state index < -0.39 is 5.41 Å². The van der Waals surface area contributed by atoms with Gasteiger partial charge in [0.15, 0.2) is 0 Å². The first-order chi connectivity index (χ1) is 10.8. The maximum absolute atomic E-state index is 12.0. The van der Waals surface area contributed by atoms with E-state index in [2.05, 4.69) is 9.97 Å². The second-order valence-electron chi connectivity index (χ2n) is 7.24. The van der Waals surface area contributed by atoms with Gasteiger partial charge in [-0.25, -0.2) is 9.78 Å². The molecule has 0 bridgehead atoms. The van der Waals surface area contributed by atoms with Crippen LogP contribution < -0.4 is 5.73 Å². The molecule has 124 valence electrons. The van der Waals surface area contributed by atoms with Crippen molar-refractivity contribution >= 4 is 22.7 Å². The van der Waals surface area contributed by atoms with Gasteiger partial charge in [0.05, 0.1) is 17.3 Å². The van der Waals surface area contributed by atoms with Gasteiger partial charge < -0.3 is 15.6 Å². The van der Waals surface area contributed by atoms with Crippen LogP contribution in [0.1, 0.15) is 45.1 Å². The number of piperidine rings is 1. The average molecular weight is 316 g/mol. The molecule has 1 fully saturated rings. The number of hydroxylamine groups is 2. The Balaban J connectivity index is 1.67. The average Bonchev–Trinajstić information content (AvgIpc) is 2.90. The molecular formula is C17H24N4O2. The van der Waals surface area contributed by atoms with Crippen molar-refractivity contribution in [3.8, 4) is 0 Å². The van der Waals surface area contributed by atoms with Gasteiger partial charge in [0.25, 0.3) is 0 Å². The highest BCUT2D eigenvalue weighted by molar-refractivity contribution is 5.83. The summed E-state index contributed by atoms with van der Waals surface area (Å²) in [6, 6.07) is 1.97. The second kappa shape index (κ2) is 5.85. The fourth-order valence-corrected chi connectivity index (χ4v) is 2.89. The molecule has 2 aromatic heterocycles. The Morgan fingerprint density at radius 2 is 2.09 bits per heavy atom. The Labute approximate surface area is 136 Å². The van der Waals surface area contributed by atoms with E-state index in [0.29, 0.717) is 11.6 Å². The number of H-pyrrole nitrogens is 1. The highest BCUT2D eigenvalue weighted by Crippen LogP contribution is 2.33. The molecule has 1 aliphatic rings. The molecule has 23 heavy (non-hydrogen) atoms. The van der Waals surface area contributed by atoms with E-state index in [1.54, 1.807) is 11.3 Å². The number of nitrogens with zero attached hydrogens (tertiary/aromatic N) is 2. The number of hydrogen-bond acceptors (Lipinski definition) is 5. The number of fused-ring (bicyclic) bond motifs is 1. The molecule has 0 amide bonds. The van der Waals surface area contributed by atoms with E-state index in [1.165, 1.54) is 5.56 Å². The Morgan fingerprint density at radius 3 is 2.74 bits per heavy atom. The number of pyridine rings is 1. The van der Waals surface area contributed by atoms with Gasteiger partial charge in [0.2, 0.25) is 0 Å². The van der Waals surface area contributed by atoms with E-state index in [9.17, 15) is 4.79 Å². The van der Waals surface area contributed by atoms with Crippen LogP contribution in [0.3, 0.4) is 0 Å². The molecule has 0 aromatic carbocycles. The van der Waals surface area contributed by atoms with Crippen LogP contribution in [0, 0.1) is 5.41 Å². The van der Waals surface area contributed by atoms with Crippen LogP contribution in [0.4, 0.5) is 5.69 Å². The van der Waals surface area contributed by atoms with E-state index in [0.717, 1.165) is 37.0 Å². The van der Waals surface area contributed by atoms with Crippen molar-refractivity contribution in [2.45, 2.75) is 39.5 Å². The third-order valence-corrected chi connectivity index (χ3v) is 4.30. The number of carbonyl (C=O) groups is 1. The third kappa shape index (κ3) is 3.32. The van der Waals surface area contributed by atoms with Crippen LogP contribution in [-0.4, -0.2) is 34.1 Å². The summed E-state index contributed by atoms with van der Waals surface area (Å²) in [7, 11) is 0. The van der Waals surface area contributed by atoms with E-state index in [1.807, 2.05) is 33.0 Å². The number of hydrogen-bond donors (Lipinski definition) is 2. The molecule has 3 rings (SSSR count). The van der Waals surface area contributed by atoms with E-state index in [-0.39, 0.29) is 5.97 Å². The largest absolute Gasteiger partial charge is 0.397 e. The van der Waals surface area contributed by atoms with Gasteiger partial charge in [-0.3, -0.25) is 0 Å². The van der Waals surface area contributed by atoms with Crippen LogP contribution >= 0.6 is 0 Å². The molecule has 0 radical (unpaired) electrons. The molecule has 0 spiro atoms. The van der Waals surface area contributed by atoms with E-state index in [4.69, 9.17) is 10.6 Å². The zero-order chi connectivity index (χ0) is 16.6. The Morgan fingerprint density at radius 1 is 1.39 bits per heavy atom. The molecule has 2 aromatic rings. The normalized spacial score (nSPS) is 17.5. The smallest absolute Gasteiger partial charge is 0.330 e. The lowest BCUT2D eigenvalue weighted by atomic mass is 9.90. The first-order valence-electron chi connectivity index (χ1n) is 8.04. The quantitative estimate of drug-likeness (QED) is 0.890. The minimum absolute atomic E-state index is 0.181. The first kappa shape index (κ1) is 15.8. The standard InChI is InChI=1S/C17H24N4O2/c1-17(2,3)16(22)23-21-6-4-11(5-7-21)14-10-20-15-13(14)8-12(18)9-19-15/h8-11H,4-7,18H2,1-3H3,(H,19,20). The van der Waals surface area contributed by atoms with Gasteiger partial charge in [0.1, 0.15) is 5.65 Å². The fourth-order valence-electron chi connectivity index (χ4n) is 2.89. The molecule has 0 unspecified atom stereocenters.